The zero-order valence-electron chi connectivity index (χ0n) is 10.7. The van der Waals surface area contributed by atoms with Crippen LogP contribution in [0.15, 0.2) is 18.2 Å². The summed E-state index contributed by atoms with van der Waals surface area (Å²) in [6, 6.07) is 3.81. The van der Waals surface area contributed by atoms with E-state index < -0.39 is 11.7 Å². The second-order valence-corrected chi connectivity index (χ2v) is 5.85. The first kappa shape index (κ1) is 13.6. The van der Waals surface area contributed by atoms with Crippen molar-refractivity contribution in [1.29, 1.82) is 0 Å². The normalized spacial score (nSPS) is 23.4. The molecular weight excluding hydrogens is 289 g/mol. The Labute approximate surface area is 117 Å². The highest BCUT2D eigenvalue weighted by atomic mass is 32.1. The van der Waals surface area contributed by atoms with Gasteiger partial charge in [-0.15, -0.1) is 0 Å². The monoisotopic (exact) mass is 302 g/mol. The van der Waals surface area contributed by atoms with Crippen LogP contribution in [0.1, 0.15) is 18.9 Å². The molecule has 0 saturated carbocycles. The van der Waals surface area contributed by atoms with E-state index in [1.807, 2.05) is 6.92 Å². The van der Waals surface area contributed by atoms with E-state index in [9.17, 15) is 13.2 Å². The Morgan fingerprint density at radius 2 is 2.20 bits per heavy atom. The van der Waals surface area contributed by atoms with Crippen LogP contribution in [0.2, 0.25) is 0 Å². The van der Waals surface area contributed by atoms with Gasteiger partial charge in [0, 0.05) is 6.61 Å². The minimum absolute atomic E-state index is 0.0905. The Kier molecular flexibility index (Phi) is 3.33. The molecular formula is C13H13F3N2OS. The fourth-order valence-electron chi connectivity index (χ4n) is 2.25. The molecule has 20 heavy (non-hydrogen) atoms. The van der Waals surface area contributed by atoms with Gasteiger partial charge in [-0.1, -0.05) is 11.3 Å². The van der Waals surface area contributed by atoms with Gasteiger partial charge >= 0.3 is 6.18 Å². The van der Waals surface area contributed by atoms with Gasteiger partial charge in [-0.05, 0) is 31.5 Å². The van der Waals surface area contributed by atoms with E-state index in [4.69, 9.17) is 4.74 Å². The van der Waals surface area contributed by atoms with Crippen molar-refractivity contribution in [3.63, 3.8) is 0 Å². The van der Waals surface area contributed by atoms with Gasteiger partial charge < -0.3 is 10.1 Å². The fourth-order valence-corrected chi connectivity index (χ4v) is 3.15. The van der Waals surface area contributed by atoms with Gasteiger partial charge in [-0.3, -0.25) is 0 Å². The second kappa shape index (κ2) is 4.89. The molecule has 1 saturated heterocycles. The van der Waals surface area contributed by atoms with E-state index in [0.717, 1.165) is 23.3 Å². The largest absolute Gasteiger partial charge is 0.416 e. The quantitative estimate of drug-likeness (QED) is 0.913. The zero-order chi connectivity index (χ0) is 14.3. The van der Waals surface area contributed by atoms with E-state index >= 15 is 0 Å². The first-order chi connectivity index (χ1) is 9.43. The first-order valence-electron chi connectivity index (χ1n) is 6.29. The molecule has 0 spiro atoms. The molecule has 3 nitrogen and oxygen atoms in total. The van der Waals surface area contributed by atoms with Gasteiger partial charge in [0.15, 0.2) is 5.13 Å². The average molecular weight is 302 g/mol. The van der Waals surface area contributed by atoms with Crippen molar-refractivity contribution in [3.8, 4) is 0 Å². The molecule has 1 N–H and O–H groups in total. The number of benzene rings is 1. The summed E-state index contributed by atoms with van der Waals surface area (Å²) in [4.78, 5) is 4.24. The lowest BCUT2D eigenvalue weighted by atomic mass is 10.2. The maximum Gasteiger partial charge on any atom is 0.416 e. The maximum atomic E-state index is 12.6. The molecule has 0 aliphatic carbocycles. The summed E-state index contributed by atoms with van der Waals surface area (Å²) < 4.78 is 44.1. The molecule has 2 heterocycles. The molecule has 1 aromatic heterocycles. The Morgan fingerprint density at radius 3 is 2.85 bits per heavy atom. The number of nitrogens with one attached hydrogen (secondary N) is 1. The van der Waals surface area contributed by atoms with Gasteiger partial charge in [-0.25, -0.2) is 4.98 Å². The Bertz CT molecular complexity index is 626. The van der Waals surface area contributed by atoms with Crippen molar-refractivity contribution >= 4 is 26.7 Å². The number of rotatable bonds is 2. The highest BCUT2D eigenvalue weighted by molar-refractivity contribution is 7.22. The van der Waals surface area contributed by atoms with Crippen molar-refractivity contribution < 1.29 is 17.9 Å². The second-order valence-electron chi connectivity index (χ2n) is 4.81. The summed E-state index contributed by atoms with van der Waals surface area (Å²) in [6.07, 6.45) is -3.36. The van der Waals surface area contributed by atoms with Crippen molar-refractivity contribution in [3.05, 3.63) is 23.8 Å². The number of aromatic nitrogens is 1. The van der Waals surface area contributed by atoms with Gasteiger partial charge in [0.05, 0.1) is 27.9 Å². The molecule has 2 atom stereocenters. The number of hydrogen-bond donors (Lipinski definition) is 1. The number of nitrogens with zero attached hydrogens (tertiary/aromatic N) is 1. The molecule has 1 aliphatic rings. The topological polar surface area (TPSA) is 34.1 Å². The number of fused-ring (bicyclic) bond motifs is 1. The highest BCUT2D eigenvalue weighted by Crippen LogP contribution is 2.34. The summed E-state index contributed by atoms with van der Waals surface area (Å²) in [7, 11) is 0. The van der Waals surface area contributed by atoms with E-state index in [2.05, 4.69) is 10.3 Å². The molecule has 2 unspecified atom stereocenters. The van der Waals surface area contributed by atoms with Crippen molar-refractivity contribution in [2.75, 3.05) is 11.9 Å². The van der Waals surface area contributed by atoms with Crippen molar-refractivity contribution in [1.82, 2.24) is 4.98 Å². The fraction of sp³-hybridized carbons (Fsp3) is 0.462. The van der Waals surface area contributed by atoms with E-state index in [1.165, 1.54) is 17.4 Å². The van der Waals surface area contributed by atoms with Crippen LogP contribution in [-0.2, 0) is 10.9 Å². The summed E-state index contributed by atoms with van der Waals surface area (Å²) in [5, 5.41) is 3.88. The Hall–Kier alpha value is -1.34. The number of thiazole rings is 1. The molecule has 0 bridgehead atoms. The molecule has 7 heteroatoms. The van der Waals surface area contributed by atoms with Gasteiger partial charge in [0.1, 0.15) is 0 Å². The predicted octanol–water partition coefficient (Wildman–Crippen LogP) is 3.90. The minimum Gasteiger partial charge on any atom is -0.376 e. The molecule has 2 aromatic rings. The number of ether oxygens (including phenoxy) is 1. The third-order valence-electron chi connectivity index (χ3n) is 3.40. The molecule has 1 aliphatic heterocycles. The van der Waals surface area contributed by atoms with Crippen molar-refractivity contribution in [2.45, 2.75) is 31.7 Å². The predicted molar refractivity (Wildman–Crippen MR) is 72.1 cm³/mol. The maximum absolute atomic E-state index is 12.6. The Morgan fingerprint density at radius 1 is 1.40 bits per heavy atom. The van der Waals surface area contributed by atoms with Crippen LogP contribution in [0.4, 0.5) is 18.3 Å². The summed E-state index contributed by atoms with van der Waals surface area (Å²) >= 11 is 1.36. The molecule has 0 amide bonds. The van der Waals surface area contributed by atoms with Gasteiger partial charge in [-0.2, -0.15) is 13.2 Å². The van der Waals surface area contributed by atoms with Crippen LogP contribution >= 0.6 is 11.3 Å². The van der Waals surface area contributed by atoms with Crippen molar-refractivity contribution in [2.24, 2.45) is 0 Å². The molecule has 1 aromatic carbocycles. The number of alkyl halides is 3. The highest BCUT2D eigenvalue weighted by Gasteiger charge is 2.31. The summed E-state index contributed by atoms with van der Waals surface area (Å²) in [5.74, 6) is 0. The van der Waals surface area contributed by atoms with Crippen LogP contribution in [0.3, 0.4) is 0 Å². The summed E-state index contributed by atoms with van der Waals surface area (Å²) in [6.45, 7) is 2.67. The molecule has 1 fully saturated rings. The summed E-state index contributed by atoms with van der Waals surface area (Å²) in [5.41, 5.74) is -0.293. The van der Waals surface area contributed by atoms with Gasteiger partial charge in [0.2, 0.25) is 0 Å². The number of hydrogen-bond acceptors (Lipinski definition) is 4. The lowest BCUT2D eigenvalue weighted by Gasteiger charge is -2.14. The lowest BCUT2D eigenvalue weighted by molar-refractivity contribution is -0.137. The zero-order valence-corrected chi connectivity index (χ0v) is 11.5. The van der Waals surface area contributed by atoms with E-state index in [0.29, 0.717) is 17.3 Å². The van der Waals surface area contributed by atoms with Gasteiger partial charge in [0.25, 0.3) is 0 Å². The van der Waals surface area contributed by atoms with Crippen LogP contribution in [0, 0.1) is 0 Å². The van der Waals surface area contributed by atoms with Crippen LogP contribution in [0.25, 0.3) is 10.2 Å². The minimum atomic E-state index is -4.33. The first-order valence-corrected chi connectivity index (χ1v) is 7.11. The van der Waals surface area contributed by atoms with E-state index in [1.54, 1.807) is 0 Å². The Balaban J connectivity index is 1.87. The number of halogens is 3. The SMILES string of the molecule is CC1OCCC1Nc1nc2cc(C(F)(F)F)ccc2s1. The van der Waals surface area contributed by atoms with Crippen LogP contribution in [-0.4, -0.2) is 23.7 Å². The average Bonchev–Trinajstić information content (AvgIpc) is 2.94. The number of anilines is 1. The standard InChI is InChI=1S/C13H13F3N2OS/c1-7-9(4-5-19-7)17-12-18-10-6-8(13(14,15)16)2-3-11(10)20-12/h2-3,6-7,9H,4-5H2,1H3,(H,17,18). The lowest BCUT2D eigenvalue weighted by Crippen LogP contribution is -2.26. The van der Waals surface area contributed by atoms with Crippen LogP contribution < -0.4 is 5.32 Å². The van der Waals surface area contributed by atoms with Crippen LogP contribution in [0.5, 0.6) is 0 Å². The molecule has 0 radical (unpaired) electrons. The third kappa shape index (κ3) is 2.60. The third-order valence-corrected chi connectivity index (χ3v) is 4.37. The molecule has 108 valence electrons. The smallest absolute Gasteiger partial charge is 0.376 e. The van der Waals surface area contributed by atoms with E-state index in [-0.39, 0.29) is 12.1 Å². The molecule has 3 rings (SSSR count).